The molecule has 14 heavy (non-hydrogen) atoms. The number of nitrogens with zero attached hydrogens (tertiary/aromatic N) is 1. The first-order valence-electron chi connectivity index (χ1n) is 5.56. The average molecular weight is 202 g/mol. The van der Waals surface area contributed by atoms with Crippen LogP contribution in [0.2, 0.25) is 0 Å². The van der Waals surface area contributed by atoms with E-state index in [2.05, 4.69) is 38.2 Å². The molecular formula is C11H26N2O. The van der Waals surface area contributed by atoms with Gasteiger partial charge in [0.2, 0.25) is 0 Å². The van der Waals surface area contributed by atoms with E-state index in [9.17, 15) is 0 Å². The summed E-state index contributed by atoms with van der Waals surface area (Å²) >= 11 is 0. The van der Waals surface area contributed by atoms with Crippen molar-refractivity contribution in [2.75, 3.05) is 46.9 Å². The molecule has 0 bridgehead atoms. The monoisotopic (exact) mass is 202 g/mol. The normalized spacial score (nSPS) is 11.6. The Morgan fingerprint density at radius 2 is 1.93 bits per heavy atom. The Morgan fingerprint density at radius 1 is 1.21 bits per heavy atom. The second kappa shape index (κ2) is 9.44. The number of hydrogen-bond donors (Lipinski definition) is 1. The third kappa shape index (κ3) is 11.9. The topological polar surface area (TPSA) is 24.5 Å². The lowest BCUT2D eigenvalue weighted by Gasteiger charge is -2.10. The van der Waals surface area contributed by atoms with Crippen LogP contribution in [-0.2, 0) is 4.74 Å². The fraction of sp³-hybridized carbons (Fsp3) is 1.00. The van der Waals surface area contributed by atoms with E-state index >= 15 is 0 Å². The number of rotatable bonds is 9. The Hall–Kier alpha value is -0.120. The largest absolute Gasteiger partial charge is 0.380 e. The van der Waals surface area contributed by atoms with Crippen LogP contribution < -0.4 is 5.32 Å². The molecule has 0 rings (SSSR count). The molecule has 0 aliphatic carbocycles. The quantitative estimate of drug-likeness (QED) is 0.569. The summed E-state index contributed by atoms with van der Waals surface area (Å²) in [5, 5.41) is 3.35. The van der Waals surface area contributed by atoms with Crippen molar-refractivity contribution >= 4 is 0 Å². The van der Waals surface area contributed by atoms with Crippen LogP contribution in [0.1, 0.15) is 20.3 Å². The van der Waals surface area contributed by atoms with E-state index in [0.717, 1.165) is 45.2 Å². The van der Waals surface area contributed by atoms with Gasteiger partial charge in [0.1, 0.15) is 0 Å². The van der Waals surface area contributed by atoms with E-state index in [-0.39, 0.29) is 0 Å². The van der Waals surface area contributed by atoms with Crippen molar-refractivity contribution in [1.82, 2.24) is 10.2 Å². The summed E-state index contributed by atoms with van der Waals surface area (Å²) in [6, 6.07) is 0. The first-order valence-corrected chi connectivity index (χ1v) is 5.56. The first kappa shape index (κ1) is 13.9. The molecule has 3 heteroatoms. The van der Waals surface area contributed by atoms with Crippen LogP contribution in [0.25, 0.3) is 0 Å². The molecule has 0 atom stereocenters. The molecule has 0 spiro atoms. The van der Waals surface area contributed by atoms with Crippen molar-refractivity contribution in [2.24, 2.45) is 5.92 Å². The van der Waals surface area contributed by atoms with Gasteiger partial charge >= 0.3 is 0 Å². The highest BCUT2D eigenvalue weighted by atomic mass is 16.5. The summed E-state index contributed by atoms with van der Waals surface area (Å²) in [6.07, 6.45) is 1.12. The van der Waals surface area contributed by atoms with Crippen LogP contribution in [0, 0.1) is 5.92 Å². The number of nitrogens with one attached hydrogen (secondary N) is 1. The number of ether oxygens (including phenoxy) is 1. The van der Waals surface area contributed by atoms with E-state index in [0.29, 0.717) is 0 Å². The molecule has 0 aliphatic rings. The van der Waals surface area contributed by atoms with Crippen LogP contribution in [0.3, 0.4) is 0 Å². The van der Waals surface area contributed by atoms with Gasteiger partial charge in [-0.05, 0) is 39.5 Å². The Kier molecular flexibility index (Phi) is 9.35. The lowest BCUT2D eigenvalue weighted by Crippen LogP contribution is -2.24. The second-order valence-corrected chi connectivity index (χ2v) is 4.37. The Bertz CT molecular complexity index is 102. The van der Waals surface area contributed by atoms with Gasteiger partial charge in [-0.1, -0.05) is 13.8 Å². The van der Waals surface area contributed by atoms with E-state index in [1.165, 1.54) is 0 Å². The van der Waals surface area contributed by atoms with Gasteiger partial charge in [0, 0.05) is 13.2 Å². The van der Waals surface area contributed by atoms with Gasteiger partial charge in [0.15, 0.2) is 0 Å². The number of hydrogen-bond acceptors (Lipinski definition) is 3. The molecule has 0 radical (unpaired) electrons. The molecule has 0 saturated carbocycles. The predicted octanol–water partition coefficient (Wildman–Crippen LogP) is 1.20. The zero-order chi connectivity index (χ0) is 10.8. The minimum atomic E-state index is 0.726. The van der Waals surface area contributed by atoms with Gasteiger partial charge in [-0.3, -0.25) is 0 Å². The molecule has 0 unspecified atom stereocenters. The van der Waals surface area contributed by atoms with Crippen LogP contribution in [0.5, 0.6) is 0 Å². The lowest BCUT2D eigenvalue weighted by atomic mass is 10.2. The Balaban J connectivity index is 2.92. The van der Waals surface area contributed by atoms with E-state index in [4.69, 9.17) is 4.74 Å². The third-order valence-corrected chi connectivity index (χ3v) is 1.87. The minimum absolute atomic E-state index is 0.726. The zero-order valence-corrected chi connectivity index (χ0v) is 10.2. The lowest BCUT2D eigenvalue weighted by molar-refractivity contribution is 0.127. The third-order valence-electron chi connectivity index (χ3n) is 1.87. The molecule has 0 heterocycles. The van der Waals surface area contributed by atoms with E-state index in [1.54, 1.807) is 0 Å². The zero-order valence-electron chi connectivity index (χ0n) is 10.2. The minimum Gasteiger partial charge on any atom is -0.380 e. The van der Waals surface area contributed by atoms with Gasteiger partial charge in [-0.2, -0.15) is 0 Å². The summed E-state index contributed by atoms with van der Waals surface area (Å²) in [7, 11) is 4.17. The summed E-state index contributed by atoms with van der Waals surface area (Å²) in [5.74, 6) is 0.726. The van der Waals surface area contributed by atoms with Crippen molar-refractivity contribution in [3.05, 3.63) is 0 Å². The Morgan fingerprint density at radius 3 is 2.50 bits per heavy atom. The van der Waals surface area contributed by atoms with Crippen molar-refractivity contribution in [2.45, 2.75) is 20.3 Å². The van der Waals surface area contributed by atoms with Gasteiger partial charge in [0.05, 0.1) is 6.61 Å². The van der Waals surface area contributed by atoms with Crippen LogP contribution in [-0.4, -0.2) is 51.8 Å². The average Bonchev–Trinajstić information content (AvgIpc) is 2.08. The second-order valence-electron chi connectivity index (χ2n) is 4.37. The Labute approximate surface area is 88.8 Å². The van der Waals surface area contributed by atoms with Crippen LogP contribution in [0.4, 0.5) is 0 Å². The molecule has 0 aromatic carbocycles. The maximum Gasteiger partial charge on any atom is 0.0590 e. The molecule has 3 nitrogen and oxygen atoms in total. The van der Waals surface area contributed by atoms with Crippen LogP contribution in [0.15, 0.2) is 0 Å². The molecule has 86 valence electrons. The molecule has 0 fully saturated rings. The van der Waals surface area contributed by atoms with E-state index < -0.39 is 0 Å². The smallest absolute Gasteiger partial charge is 0.0590 e. The van der Waals surface area contributed by atoms with Gasteiger partial charge < -0.3 is 15.0 Å². The molecule has 0 aliphatic heterocycles. The summed E-state index contributed by atoms with van der Waals surface area (Å²) in [6.45, 7) is 9.30. The van der Waals surface area contributed by atoms with Gasteiger partial charge in [0.25, 0.3) is 0 Å². The van der Waals surface area contributed by atoms with Crippen LogP contribution >= 0.6 is 0 Å². The summed E-state index contributed by atoms with van der Waals surface area (Å²) < 4.78 is 5.48. The molecule has 0 amide bonds. The molecule has 0 saturated heterocycles. The van der Waals surface area contributed by atoms with E-state index in [1.807, 2.05) is 0 Å². The van der Waals surface area contributed by atoms with Gasteiger partial charge in [-0.15, -0.1) is 0 Å². The van der Waals surface area contributed by atoms with Crippen molar-refractivity contribution in [3.63, 3.8) is 0 Å². The summed E-state index contributed by atoms with van der Waals surface area (Å²) in [5.41, 5.74) is 0. The van der Waals surface area contributed by atoms with Crippen molar-refractivity contribution < 1.29 is 4.74 Å². The highest BCUT2D eigenvalue weighted by molar-refractivity contribution is 4.50. The molecule has 0 aromatic rings. The highest BCUT2D eigenvalue weighted by Gasteiger charge is 1.93. The standard InChI is InChI=1S/C11H26N2O/c1-11(2)10-12-6-9-14-8-5-7-13(3)4/h11-12H,5-10H2,1-4H3. The summed E-state index contributed by atoms with van der Waals surface area (Å²) in [4.78, 5) is 2.18. The van der Waals surface area contributed by atoms with Gasteiger partial charge in [-0.25, -0.2) is 0 Å². The molecule has 1 N–H and O–H groups in total. The first-order chi connectivity index (χ1) is 6.63. The van der Waals surface area contributed by atoms with Crippen molar-refractivity contribution in [3.8, 4) is 0 Å². The maximum atomic E-state index is 5.48. The highest BCUT2D eigenvalue weighted by Crippen LogP contribution is 1.87. The fourth-order valence-corrected chi connectivity index (χ4v) is 1.12. The SMILES string of the molecule is CC(C)CNCCOCCCN(C)C. The molecular weight excluding hydrogens is 176 g/mol. The molecule has 0 aromatic heterocycles. The fourth-order valence-electron chi connectivity index (χ4n) is 1.12. The maximum absolute atomic E-state index is 5.48. The predicted molar refractivity (Wildman–Crippen MR) is 61.7 cm³/mol. The van der Waals surface area contributed by atoms with Crippen molar-refractivity contribution in [1.29, 1.82) is 0 Å².